The minimum absolute atomic E-state index is 0.0947. The van der Waals surface area contributed by atoms with E-state index < -0.39 is 5.91 Å². The van der Waals surface area contributed by atoms with E-state index in [0.717, 1.165) is 0 Å². The van der Waals surface area contributed by atoms with Gasteiger partial charge in [-0.2, -0.15) is 0 Å². The summed E-state index contributed by atoms with van der Waals surface area (Å²) in [4.78, 5) is 26.2. The number of carbonyl (C=O) groups excluding carboxylic acids is 1. The Kier molecular flexibility index (Phi) is 2.66. The minimum atomic E-state index is -0.405. The van der Waals surface area contributed by atoms with Gasteiger partial charge in [0.15, 0.2) is 0 Å². The number of fused-ring (bicyclic) bond motifs is 1. The quantitative estimate of drug-likeness (QED) is 0.789. The highest BCUT2D eigenvalue weighted by molar-refractivity contribution is 6.31. The number of hydrogen-bond donors (Lipinski definition) is 2. The van der Waals surface area contributed by atoms with Gasteiger partial charge >= 0.3 is 0 Å². The Morgan fingerprint density at radius 3 is 2.88 bits per heavy atom. The first-order valence-electron chi connectivity index (χ1n) is 4.66. The van der Waals surface area contributed by atoms with Crippen LogP contribution in [0.1, 0.15) is 10.4 Å². The number of amides is 1. The summed E-state index contributed by atoms with van der Waals surface area (Å²) in [6, 6.07) is 4.86. The Labute approximate surface area is 96.2 Å². The maximum absolute atomic E-state index is 11.9. The lowest BCUT2D eigenvalue weighted by Crippen LogP contribution is -2.25. The van der Waals surface area contributed by atoms with Crippen molar-refractivity contribution >= 4 is 28.4 Å². The largest absolute Gasteiger partial charge is 0.360 e. The average Bonchev–Trinajstić information content (AvgIpc) is 2.28. The number of halogens is 1. The Bertz CT molecular complexity index is 619. The Morgan fingerprint density at radius 1 is 1.44 bits per heavy atom. The Balaban J connectivity index is 2.76. The molecule has 82 valence electrons. The van der Waals surface area contributed by atoms with Crippen molar-refractivity contribution in [3.63, 3.8) is 0 Å². The van der Waals surface area contributed by atoms with E-state index in [-0.39, 0.29) is 11.0 Å². The molecule has 0 bridgehead atoms. The zero-order valence-electron chi connectivity index (χ0n) is 8.50. The van der Waals surface area contributed by atoms with E-state index in [1.165, 1.54) is 13.2 Å². The highest BCUT2D eigenvalue weighted by Crippen LogP contribution is 2.14. The van der Waals surface area contributed by atoms with Gasteiger partial charge in [-0.05, 0) is 18.2 Å². The van der Waals surface area contributed by atoms with E-state index in [1.54, 1.807) is 18.2 Å². The average molecular weight is 237 g/mol. The highest BCUT2D eigenvalue weighted by atomic mass is 35.5. The van der Waals surface area contributed by atoms with E-state index in [1.807, 2.05) is 0 Å². The van der Waals surface area contributed by atoms with Crippen molar-refractivity contribution in [2.24, 2.45) is 0 Å². The predicted octanol–water partition coefficient (Wildman–Crippen LogP) is 1.54. The smallest absolute Gasteiger partial charge is 0.256 e. The lowest BCUT2D eigenvalue weighted by atomic mass is 10.1. The van der Waals surface area contributed by atoms with Crippen LogP contribution < -0.4 is 10.7 Å². The van der Waals surface area contributed by atoms with Crippen molar-refractivity contribution in [2.75, 3.05) is 7.05 Å². The van der Waals surface area contributed by atoms with Gasteiger partial charge in [0.2, 0.25) is 5.43 Å². The molecule has 0 radical (unpaired) electrons. The molecular formula is C11H9ClN2O2. The third-order valence-electron chi connectivity index (χ3n) is 2.31. The summed E-state index contributed by atoms with van der Waals surface area (Å²) in [5.41, 5.74) is 0.409. The van der Waals surface area contributed by atoms with Crippen LogP contribution in [0.2, 0.25) is 5.02 Å². The molecule has 0 spiro atoms. The second-order valence-electron chi connectivity index (χ2n) is 3.30. The van der Waals surface area contributed by atoms with Gasteiger partial charge < -0.3 is 10.3 Å². The van der Waals surface area contributed by atoms with Gasteiger partial charge in [0.05, 0.1) is 5.52 Å². The first kappa shape index (κ1) is 10.7. The van der Waals surface area contributed by atoms with E-state index in [0.29, 0.717) is 15.9 Å². The fourth-order valence-corrected chi connectivity index (χ4v) is 1.67. The molecule has 0 saturated carbocycles. The Hall–Kier alpha value is -1.81. The number of aromatic amines is 1. The molecule has 1 aromatic heterocycles. The van der Waals surface area contributed by atoms with Crippen LogP contribution >= 0.6 is 11.6 Å². The third-order valence-corrected chi connectivity index (χ3v) is 2.55. The molecular weight excluding hydrogens is 228 g/mol. The maximum atomic E-state index is 11.9. The molecule has 0 atom stereocenters. The summed E-state index contributed by atoms with van der Waals surface area (Å²) in [5.74, 6) is -0.405. The fourth-order valence-electron chi connectivity index (χ4n) is 1.50. The van der Waals surface area contributed by atoms with Crippen molar-refractivity contribution in [3.05, 3.63) is 45.2 Å². The predicted molar refractivity (Wildman–Crippen MR) is 63.0 cm³/mol. The van der Waals surface area contributed by atoms with Crippen LogP contribution in [0.25, 0.3) is 10.9 Å². The van der Waals surface area contributed by atoms with Crippen LogP contribution in [0.15, 0.2) is 29.2 Å². The molecule has 5 heteroatoms. The number of benzene rings is 1. The summed E-state index contributed by atoms with van der Waals surface area (Å²) in [6.07, 6.45) is 1.39. The molecule has 1 aromatic carbocycles. The zero-order chi connectivity index (χ0) is 11.7. The molecule has 16 heavy (non-hydrogen) atoms. The SMILES string of the molecule is CNC(=O)c1c[nH]c2cc(Cl)ccc2c1=O. The molecule has 0 aliphatic heterocycles. The zero-order valence-corrected chi connectivity index (χ0v) is 9.26. The third kappa shape index (κ3) is 1.67. The molecule has 4 nitrogen and oxygen atoms in total. The molecule has 0 unspecified atom stereocenters. The van der Waals surface area contributed by atoms with Crippen LogP contribution in [0.4, 0.5) is 0 Å². The maximum Gasteiger partial charge on any atom is 0.256 e. The van der Waals surface area contributed by atoms with Gasteiger partial charge in [0.25, 0.3) is 5.91 Å². The highest BCUT2D eigenvalue weighted by Gasteiger charge is 2.11. The van der Waals surface area contributed by atoms with Gasteiger partial charge in [-0.1, -0.05) is 11.6 Å². The number of H-pyrrole nitrogens is 1. The monoisotopic (exact) mass is 236 g/mol. The van der Waals surface area contributed by atoms with Crippen molar-refractivity contribution in [3.8, 4) is 0 Å². The molecule has 2 rings (SSSR count). The molecule has 1 amide bonds. The van der Waals surface area contributed by atoms with Crippen LogP contribution in [-0.4, -0.2) is 17.9 Å². The van der Waals surface area contributed by atoms with Gasteiger partial charge in [0.1, 0.15) is 5.56 Å². The van der Waals surface area contributed by atoms with Crippen molar-refractivity contribution in [1.82, 2.24) is 10.3 Å². The van der Waals surface area contributed by atoms with Gasteiger partial charge in [0, 0.05) is 23.7 Å². The molecule has 0 aliphatic carbocycles. The van der Waals surface area contributed by atoms with E-state index in [9.17, 15) is 9.59 Å². The summed E-state index contributed by atoms with van der Waals surface area (Å²) in [7, 11) is 1.48. The van der Waals surface area contributed by atoms with Crippen LogP contribution in [0, 0.1) is 0 Å². The van der Waals surface area contributed by atoms with Crippen molar-refractivity contribution < 1.29 is 4.79 Å². The van der Waals surface area contributed by atoms with Crippen LogP contribution in [-0.2, 0) is 0 Å². The van der Waals surface area contributed by atoms with E-state index >= 15 is 0 Å². The fraction of sp³-hybridized carbons (Fsp3) is 0.0909. The summed E-state index contributed by atoms with van der Waals surface area (Å²) in [5, 5.41) is 3.40. The summed E-state index contributed by atoms with van der Waals surface area (Å²) >= 11 is 5.80. The van der Waals surface area contributed by atoms with Crippen LogP contribution in [0.3, 0.4) is 0 Å². The Morgan fingerprint density at radius 2 is 2.19 bits per heavy atom. The summed E-state index contributed by atoms with van der Waals surface area (Å²) in [6.45, 7) is 0. The lowest BCUT2D eigenvalue weighted by molar-refractivity contribution is 0.0962. The molecule has 0 aliphatic rings. The molecule has 0 fully saturated rings. The second kappa shape index (κ2) is 3.98. The number of pyridine rings is 1. The first-order chi connectivity index (χ1) is 7.63. The molecule has 1 heterocycles. The van der Waals surface area contributed by atoms with Gasteiger partial charge in [-0.15, -0.1) is 0 Å². The lowest BCUT2D eigenvalue weighted by Gasteiger charge is -2.02. The minimum Gasteiger partial charge on any atom is -0.360 e. The van der Waals surface area contributed by atoms with E-state index in [2.05, 4.69) is 10.3 Å². The van der Waals surface area contributed by atoms with Gasteiger partial charge in [-0.25, -0.2) is 0 Å². The van der Waals surface area contributed by atoms with Crippen LogP contribution in [0.5, 0.6) is 0 Å². The topological polar surface area (TPSA) is 62.0 Å². The van der Waals surface area contributed by atoms with Gasteiger partial charge in [-0.3, -0.25) is 9.59 Å². The van der Waals surface area contributed by atoms with Crippen molar-refractivity contribution in [1.29, 1.82) is 0 Å². The number of carbonyl (C=O) groups is 1. The van der Waals surface area contributed by atoms with E-state index in [4.69, 9.17) is 11.6 Å². The second-order valence-corrected chi connectivity index (χ2v) is 3.74. The first-order valence-corrected chi connectivity index (χ1v) is 5.04. The number of aromatic nitrogens is 1. The standard InChI is InChI=1S/C11H9ClN2O2/c1-13-11(16)8-5-14-9-4-6(12)2-3-7(9)10(8)15/h2-5H,1H3,(H,13,16)(H,14,15). The number of rotatable bonds is 1. The molecule has 0 saturated heterocycles. The molecule has 2 aromatic rings. The number of hydrogen-bond acceptors (Lipinski definition) is 2. The number of nitrogens with one attached hydrogen (secondary N) is 2. The molecule has 2 N–H and O–H groups in total. The van der Waals surface area contributed by atoms with Crippen molar-refractivity contribution in [2.45, 2.75) is 0 Å². The normalized spacial score (nSPS) is 10.4. The summed E-state index contributed by atoms with van der Waals surface area (Å²) < 4.78 is 0.